The minimum atomic E-state index is -0.402. The quantitative estimate of drug-likeness (QED) is 0.682. The van der Waals surface area contributed by atoms with E-state index in [1.54, 1.807) is 6.92 Å². The average molecular weight is 230 g/mol. The fourth-order valence-electron chi connectivity index (χ4n) is 1.68. The maximum absolute atomic E-state index is 11.4. The largest absolute Gasteiger partial charge is 0.393 e. The van der Waals surface area contributed by atoms with Gasteiger partial charge in [0.2, 0.25) is 5.91 Å². The van der Waals surface area contributed by atoms with E-state index in [-0.39, 0.29) is 11.3 Å². The van der Waals surface area contributed by atoms with Gasteiger partial charge in [0, 0.05) is 19.5 Å². The third kappa shape index (κ3) is 8.68. The highest BCUT2D eigenvalue weighted by Crippen LogP contribution is 2.14. The van der Waals surface area contributed by atoms with Crippen LogP contribution in [0.4, 0.5) is 0 Å². The molecule has 0 aliphatic carbocycles. The van der Waals surface area contributed by atoms with E-state index >= 15 is 0 Å². The topological polar surface area (TPSA) is 52.6 Å². The van der Waals surface area contributed by atoms with Crippen LogP contribution in [0.2, 0.25) is 0 Å². The molecule has 0 fully saturated rings. The van der Waals surface area contributed by atoms with Crippen molar-refractivity contribution in [3.63, 3.8) is 0 Å². The van der Waals surface area contributed by atoms with E-state index in [4.69, 9.17) is 5.11 Å². The number of amides is 1. The van der Waals surface area contributed by atoms with E-state index in [1.807, 2.05) is 14.1 Å². The second-order valence-electron chi connectivity index (χ2n) is 5.57. The summed E-state index contributed by atoms with van der Waals surface area (Å²) in [6.45, 7) is 7.56. The Hall–Kier alpha value is -0.610. The molecule has 4 nitrogen and oxygen atoms in total. The van der Waals surface area contributed by atoms with Crippen LogP contribution in [0.15, 0.2) is 0 Å². The molecule has 0 rings (SSSR count). The summed E-state index contributed by atoms with van der Waals surface area (Å²) < 4.78 is 0. The van der Waals surface area contributed by atoms with Gasteiger partial charge in [0.15, 0.2) is 0 Å². The Morgan fingerprint density at radius 2 is 2.00 bits per heavy atom. The van der Waals surface area contributed by atoms with Crippen LogP contribution in [-0.4, -0.2) is 49.2 Å². The molecule has 1 atom stereocenters. The van der Waals surface area contributed by atoms with Gasteiger partial charge >= 0.3 is 0 Å². The molecule has 0 aliphatic rings. The third-order valence-corrected chi connectivity index (χ3v) is 2.30. The molecule has 0 bridgehead atoms. The summed E-state index contributed by atoms with van der Waals surface area (Å²) in [5.41, 5.74) is 0.0734. The van der Waals surface area contributed by atoms with Crippen LogP contribution in [-0.2, 0) is 4.79 Å². The first-order valence-corrected chi connectivity index (χ1v) is 5.82. The summed E-state index contributed by atoms with van der Waals surface area (Å²) in [7, 11) is 4.05. The van der Waals surface area contributed by atoms with E-state index < -0.39 is 6.10 Å². The van der Waals surface area contributed by atoms with E-state index in [1.165, 1.54) is 0 Å². The first-order chi connectivity index (χ1) is 7.23. The maximum atomic E-state index is 11.4. The van der Waals surface area contributed by atoms with Gasteiger partial charge in [-0.25, -0.2) is 0 Å². The molecule has 2 N–H and O–H groups in total. The van der Waals surface area contributed by atoms with Crippen LogP contribution in [0.5, 0.6) is 0 Å². The molecular formula is C12H26N2O2. The number of nitrogens with zero attached hydrogens (tertiary/aromatic N) is 1. The molecule has 0 saturated heterocycles. The highest BCUT2D eigenvalue weighted by molar-refractivity contribution is 5.75. The smallest absolute Gasteiger partial charge is 0.220 e. The van der Waals surface area contributed by atoms with Crippen molar-refractivity contribution < 1.29 is 9.90 Å². The normalized spacial score (nSPS) is 13.9. The zero-order valence-corrected chi connectivity index (χ0v) is 11.2. The van der Waals surface area contributed by atoms with Gasteiger partial charge < -0.3 is 15.3 Å². The molecule has 0 spiro atoms. The molecule has 0 aromatic carbocycles. The van der Waals surface area contributed by atoms with Crippen molar-refractivity contribution in [1.82, 2.24) is 10.2 Å². The second kappa shape index (κ2) is 6.86. The second-order valence-corrected chi connectivity index (χ2v) is 5.57. The summed E-state index contributed by atoms with van der Waals surface area (Å²) in [6, 6.07) is 0. The molecule has 0 heterocycles. The predicted molar refractivity (Wildman–Crippen MR) is 66.3 cm³/mol. The molecule has 1 unspecified atom stereocenters. The molecule has 4 heteroatoms. The lowest BCUT2D eigenvalue weighted by atomic mass is 9.93. The Morgan fingerprint density at radius 3 is 2.44 bits per heavy atom. The van der Waals surface area contributed by atoms with Gasteiger partial charge in [0.25, 0.3) is 0 Å². The Morgan fingerprint density at radius 1 is 1.44 bits per heavy atom. The first-order valence-electron chi connectivity index (χ1n) is 5.82. The van der Waals surface area contributed by atoms with E-state index in [9.17, 15) is 4.79 Å². The summed E-state index contributed by atoms with van der Waals surface area (Å²) in [4.78, 5) is 13.6. The predicted octanol–water partition coefficient (Wildman–Crippen LogP) is 0.851. The zero-order valence-electron chi connectivity index (χ0n) is 11.2. The number of carbonyl (C=O) groups excluding carboxylic acids is 1. The third-order valence-electron chi connectivity index (χ3n) is 2.30. The minimum absolute atomic E-state index is 0.0210. The summed E-state index contributed by atoms with van der Waals surface area (Å²) in [5, 5.41) is 12.0. The van der Waals surface area contributed by atoms with Crippen molar-refractivity contribution in [2.75, 3.05) is 27.2 Å². The number of aliphatic hydroxyl groups is 1. The molecule has 0 aromatic rings. The Kier molecular flexibility index (Phi) is 6.60. The molecule has 96 valence electrons. The van der Waals surface area contributed by atoms with E-state index in [0.29, 0.717) is 19.4 Å². The number of hydrogen-bond donors (Lipinski definition) is 2. The highest BCUT2D eigenvalue weighted by atomic mass is 16.3. The summed E-state index contributed by atoms with van der Waals surface area (Å²) in [5.74, 6) is 0.0210. The fourth-order valence-corrected chi connectivity index (χ4v) is 1.68. The summed E-state index contributed by atoms with van der Waals surface area (Å²) >= 11 is 0. The maximum Gasteiger partial charge on any atom is 0.220 e. The van der Waals surface area contributed by atoms with Gasteiger partial charge in [-0.1, -0.05) is 13.8 Å². The van der Waals surface area contributed by atoms with Gasteiger partial charge in [-0.2, -0.15) is 0 Å². The van der Waals surface area contributed by atoms with Crippen molar-refractivity contribution in [2.24, 2.45) is 5.41 Å². The molecule has 0 radical (unpaired) electrons. The van der Waals surface area contributed by atoms with Crippen LogP contribution in [0.1, 0.15) is 33.6 Å². The Bertz CT molecular complexity index is 213. The average Bonchev–Trinajstić information content (AvgIpc) is 2.09. The monoisotopic (exact) mass is 230 g/mol. The lowest BCUT2D eigenvalue weighted by molar-refractivity contribution is -0.122. The van der Waals surface area contributed by atoms with Crippen LogP contribution in [0.3, 0.4) is 0 Å². The zero-order chi connectivity index (χ0) is 12.8. The standard InChI is InChI=1S/C12H26N2O2/c1-10(15)6-7-11(16)13-8-12(2,3)9-14(4)5/h10,15H,6-9H2,1-5H3,(H,13,16). The lowest BCUT2D eigenvalue weighted by Crippen LogP contribution is -2.40. The molecule has 16 heavy (non-hydrogen) atoms. The fraction of sp³-hybridized carbons (Fsp3) is 0.917. The van der Waals surface area contributed by atoms with Crippen LogP contribution in [0, 0.1) is 5.41 Å². The van der Waals surface area contributed by atoms with Gasteiger partial charge in [0.1, 0.15) is 0 Å². The molecular weight excluding hydrogens is 204 g/mol. The Labute approximate surface area is 99.0 Å². The van der Waals surface area contributed by atoms with Crippen LogP contribution >= 0.6 is 0 Å². The number of nitrogens with one attached hydrogen (secondary N) is 1. The minimum Gasteiger partial charge on any atom is -0.393 e. The molecule has 0 saturated carbocycles. The number of hydrogen-bond acceptors (Lipinski definition) is 3. The van der Waals surface area contributed by atoms with Gasteiger partial charge in [-0.15, -0.1) is 0 Å². The number of aliphatic hydroxyl groups excluding tert-OH is 1. The summed E-state index contributed by atoms with van der Waals surface area (Å²) in [6.07, 6.45) is 0.524. The Balaban J connectivity index is 3.81. The number of rotatable bonds is 7. The van der Waals surface area contributed by atoms with Crippen LogP contribution in [0.25, 0.3) is 0 Å². The van der Waals surface area contributed by atoms with Gasteiger partial charge in [-0.05, 0) is 32.9 Å². The lowest BCUT2D eigenvalue weighted by Gasteiger charge is -2.28. The SMILES string of the molecule is CC(O)CCC(=O)NCC(C)(C)CN(C)C. The van der Waals surface area contributed by atoms with E-state index in [0.717, 1.165) is 6.54 Å². The molecule has 0 aliphatic heterocycles. The van der Waals surface area contributed by atoms with Crippen molar-refractivity contribution in [1.29, 1.82) is 0 Å². The van der Waals surface area contributed by atoms with E-state index in [2.05, 4.69) is 24.1 Å². The molecule has 1 amide bonds. The van der Waals surface area contributed by atoms with Crippen molar-refractivity contribution in [2.45, 2.75) is 39.7 Å². The van der Waals surface area contributed by atoms with Crippen molar-refractivity contribution in [3.8, 4) is 0 Å². The molecule has 0 aromatic heterocycles. The van der Waals surface area contributed by atoms with Crippen LogP contribution < -0.4 is 5.32 Å². The van der Waals surface area contributed by atoms with Gasteiger partial charge in [0.05, 0.1) is 6.10 Å². The number of carbonyl (C=O) groups is 1. The van der Waals surface area contributed by atoms with Crippen molar-refractivity contribution >= 4 is 5.91 Å². The highest BCUT2D eigenvalue weighted by Gasteiger charge is 2.19. The van der Waals surface area contributed by atoms with Gasteiger partial charge in [-0.3, -0.25) is 4.79 Å². The first kappa shape index (κ1) is 15.4. The van der Waals surface area contributed by atoms with Crippen molar-refractivity contribution in [3.05, 3.63) is 0 Å².